The van der Waals surface area contributed by atoms with Crippen molar-refractivity contribution >= 4 is 35.1 Å². The summed E-state index contributed by atoms with van der Waals surface area (Å²) in [4.78, 5) is 35.1. The minimum absolute atomic E-state index is 0.143. The summed E-state index contributed by atoms with van der Waals surface area (Å²) in [5, 5.41) is 11.7. The number of benzene rings is 1. The van der Waals surface area contributed by atoms with Crippen LogP contribution in [0.3, 0.4) is 0 Å². The number of ether oxygens (including phenoxy) is 1. The van der Waals surface area contributed by atoms with Crippen molar-refractivity contribution in [3.8, 4) is 0 Å². The molecule has 1 amide bonds. The van der Waals surface area contributed by atoms with Crippen LogP contribution in [0, 0.1) is 0 Å². The molecule has 7 nitrogen and oxygen atoms in total. The van der Waals surface area contributed by atoms with Gasteiger partial charge in [0.05, 0.1) is 0 Å². The zero-order valence-corrected chi connectivity index (χ0v) is 13.8. The van der Waals surface area contributed by atoms with Crippen molar-refractivity contribution in [2.24, 2.45) is 0 Å². The summed E-state index contributed by atoms with van der Waals surface area (Å²) in [5.41, 5.74) is 5.20. The predicted molar refractivity (Wildman–Crippen MR) is 85.6 cm³/mol. The minimum atomic E-state index is -1.42. The Morgan fingerprint density at radius 1 is 1.35 bits per heavy atom. The summed E-state index contributed by atoms with van der Waals surface area (Å²) in [6.07, 6.45) is -1.37. The van der Waals surface area contributed by atoms with E-state index in [1.807, 2.05) is 0 Å². The van der Waals surface area contributed by atoms with E-state index in [9.17, 15) is 14.4 Å². The zero-order valence-electron chi connectivity index (χ0n) is 13.1. The number of hydrogen-bond acceptors (Lipinski definition) is 5. The van der Waals surface area contributed by atoms with Gasteiger partial charge in [0.2, 0.25) is 0 Å². The van der Waals surface area contributed by atoms with Crippen molar-refractivity contribution in [3.05, 3.63) is 28.8 Å². The second-order valence-electron chi connectivity index (χ2n) is 5.90. The number of carbonyl (C=O) groups is 3. The molecule has 0 radical (unpaired) electrons. The summed E-state index contributed by atoms with van der Waals surface area (Å²) < 4.78 is 4.98. The van der Waals surface area contributed by atoms with Crippen molar-refractivity contribution in [3.63, 3.8) is 0 Å². The molecule has 0 aliphatic heterocycles. The lowest BCUT2D eigenvalue weighted by molar-refractivity contribution is -0.139. The number of anilines is 1. The number of nitrogens with two attached hydrogens (primary N) is 1. The summed E-state index contributed by atoms with van der Waals surface area (Å²) in [6, 6.07) is 2.85. The minimum Gasteiger partial charge on any atom is -0.480 e. The Bertz CT molecular complexity index is 625. The van der Waals surface area contributed by atoms with Gasteiger partial charge in [-0.1, -0.05) is 11.6 Å². The number of rotatable bonds is 5. The van der Waals surface area contributed by atoms with Crippen LogP contribution in [0.1, 0.15) is 37.6 Å². The van der Waals surface area contributed by atoms with Crippen LogP contribution >= 0.6 is 11.6 Å². The molecule has 23 heavy (non-hydrogen) atoms. The Labute approximate surface area is 138 Å². The van der Waals surface area contributed by atoms with Crippen molar-refractivity contribution in [2.45, 2.75) is 38.8 Å². The average Bonchev–Trinajstić information content (AvgIpc) is 2.35. The number of nitrogens with one attached hydrogen (secondary N) is 1. The third-order valence-electron chi connectivity index (χ3n) is 2.69. The number of carboxylic acids is 1. The maximum Gasteiger partial charge on any atom is 0.408 e. The molecule has 1 atom stereocenters. The first-order valence-corrected chi connectivity index (χ1v) is 7.18. The third kappa shape index (κ3) is 6.15. The number of alkyl carbamates (subject to hydrolysis) is 1. The molecule has 0 spiro atoms. The van der Waals surface area contributed by atoms with Gasteiger partial charge in [-0.25, -0.2) is 9.59 Å². The topological polar surface area (TPSA) is 119 Å². The van der Waals surface area contributed by atoms with Gasteiger partial charge in [0, 0.05) is 22.7 Å². The van der Waals surface area contributed by atoms with Gasteiger partial charge in [-0.3, -0.25) is 4.79 Å². The molecule has 1 unspecified atom stereocenters. The van der Waals surface area contributed by atoms with Gasteiger partial charge < -0.3 is 20.9 Å². The van der Waals surface area contributed by atoms with E-state index >= 15 is 0 Å². The molecule has 0 heterocycles. The fourth-order valence-corrected chi connectivity index (χ4v) is 1.91. The number of nitrogen functional groups attached to an aromatic ring is 1. The fraction of sp³-hybridized carbons (Fsp3) is 0.400. The quantitative estimate of drug-likeness (QED) is 0.558. The molecule has 1 aromatic rings. The van der Waals surface area contributed by atoms with Gasteiger partial charge in [-0.05, 0) is 39.0 Å². The Kier molecular flexibility index (Phi) is 5.98. The van der Waals surface area contributed by atoms with Crippen LogP contribution in [0.15, 0.2) is 18.2 Å². The SMILES string of the molecule is CC(C)(C)OC(=O)NC(CC(=O)c1ccc(Cl)cc1N)C(=O)O. The molecule has 0 aliphatic carbocycles. The number of hydrogen-bond donors (Lipinski definition) is 3. The van der Waals surface area contributed by atoms with Crippen LogP contribution < -0.4 is 11.1 Å². The lowest BCUT2D eigenvalue weighted by Crippen LogP contribution is -2.44. The maximum atomic E-state index is 12.2. The van der Waals surface area contributed by atoms with Gasteiger partial charge in [0.15, 0.2) is 5.78 Å². The Morgan fingerprint density at radius 2 is 1.96 bits per heavy atom. The van der Waals surface area contributed by atoms with Crippen LogP contribution in [0.5, 0.6) is 0 Å². The lowest BCUT2D eigenvalue weighted by atomic mass is 10.0. The van der Waals surface area contributed by atoms with Gasteiger partial charge >= 0.3 is 12.1 Å². The van der Waals surface area contributed by atoms with E-state index in [0.29, 0.717) is 5.02 Å². The van der Waals surface area contributed by atoms with Crippen LogP contribution in [0.2, 0.25) is 5.02 Å². The molecule has 8 heteroatoms. The number of amides is 1. The van der Waals surface area contributed by atoms with Gasteiger partial charge in [0.25, 0.3) is 0 Å². The third-order valence-corrected chi connectivity index (χ3v) is 2.93. The highest BCUT2D eigenvalue weighted by atomic mass is 35.5. The summed E-state index contributed by atoms with van der Waals surface area (Å²) in [6.45, 7) is 4.92. The number of carboxylic acid groups (broad SMARTS) is 1. The molecule has 0 aliphatic rings. The first-order valence-electron chi connectivity index (χ1n) is 6.80. The van der Waals surface area contributed by atoms with E-state index in [1.165, 1.54) is 18.2 Å². The Hall–Kier alpha value is -2.28. The Morgan fingerprint density at radius 3 is 2.43 bits per heavy atom. The first kappa shape index (κ1) is 18.8. The molecule has 4 N–H and O–H groups in total. The number of halogens is 1. The van der Waals surface area contributed by atoms with E-state index in [0.717, 1.165) is 0 Å². The molecule has 126 valence electrons. The molecular weight excluding hydrogens is 324 g/mol. The molecule has 0 aromatic heterocycles. The number of aliphatic carboxylic acids is 1. The second-order valence-corrected chi connectivity index (χ2v) is 6.33. The highest BCUT2D eigenvalue weighted by Gasteiger charge is 2.27. The zero-order chi connectivity index (χ0) is 17.8. The molecule has 0 saturated heterocycles. The van der Waals surface area contributed by atoms with E-state index < -0.39 is 35.9 Å². The van der Waals surface area contributed by atoms with Crippen LogP contribution in [-0.2, 0) is 9.53 Å². The van der Waals surface area contributed by atoms with Crippen molar-refractivity contribution in [1.82, 2.24) is 5.32 Å². The van der Waals surface area contributed by atoms with Crippen LogP contribution in [-0.4, -0.2) is 34.6 Å². The van der Waals surface area contributed by atoms with Gasteiger partial charge in [-0.15, -0.1) is 0 Å². The van der Waals surface area contributed by atoms with Crippen molar-refractivity contribution in [1.29, 1.82) is 0 Å². The molecule has 0 fully saturated rings. The monoisotopic (exact) mass is 342 g/mol. The normalized spacial score (nSPS) is 12.3. The predicted octanol–water partition coefficient (Wildman–Crippen LogP) is 2.47. The largest absolute Gasteiger partial charge is 0.480 e. The van der Waals surface area contributed by atoms with E-state index in [-0.39, 0.29) is 11.3 Å². The molecule has 1 aromatic carbocycles. The number of carbonyl (C=O) groups excluding carboxylic acids is 2. The van der Waals surface area contributed by atoms with Gasteiger partial charge in [-0.2, -0.15) is 0 Å². The molecule has 0 bridgehead atoms. The summed E-state index contributed by atoms with van der Waals surface area (Å²) in [7, 11) is 0. The van der Waals surface area contributed by atoms with Crippen molar-refractivity contribution in [2.75, 3.05) is 5.73 Å². The molecule has 1 rings (SSSR count). The Balaban J connectivity index is 2.81. The highest BCUT2D eigenvalue weighted by Crippen LogP contribution is 2.20. The van der Waals surface area contributed by atoms with E-state index in [4.69, 9.17) is 27.2 Å². The van der Waals surface area contributed by atoms with Crippen LogP contribution in [0.4, 0.5) is 10.5 Å². The van der Waals surface area contributed by atoms with E-state index in [2.05, 4.69) is 5.32 Å². The standard InChI is InChI=1S/C15H19ClN2O5/c1-15(2,3)23-14(22)18-11(13(20)21)7-12(19)9-5-4-8(16)6-10(9)17/h4-6,11H,7,17H2,1-3H3,(H,18,22)(H,20,21). The second kappa shape index (κ2) is 7.32. The smallest absolute Gasteiger partial charge is 0.408 e. The highest BCUT2D eigenvalue weighted by molar-refractivity contribution is 6.31. The molecular formula is C15H19ClN2O5. The van der Waals surface area contributed by atoms with Crippen molar-refractivity contribution < 1.29 is 24.2 Å². The number of Topliss-reactive ketones (excluding diaryl/α,β-unsaturated/α-hetero) is 1. The number of ketones is 1. The maximum absolute atomic E-state index is 12.2. The first-order chi connectivity index (χ1) is 10.5. The summed E-state index contributed by atoms with van der Waals surface area (Å²) in [5.74, 6) is -1.88. The average molecular weight is 343 g/mol. The van der Waals surface area contributed by atoms with E-state index in [1.54, 1.807) is 20.8 Å². The molecule has 0 saturated carbocycles. The van der Waals surface area contributed by atoms with Crippen LogP contribution in [0.25, 0.3) is 0 Å². The fourth-order valence-electron chi connectivity index (χ4n) is 1.73. The van der Waals surface area contributed by atoms with Gasteiger partial charge in [0.1, 0.15) is 11.6 Å². The summed E-state index contributed by atoms with van der Waals surface area (Å²) >= 11 is 5.75. The lowest BCUT2D eigenvalue weighted by Gasteiger charge is -2.21.